The van der Waals surface area contributed by atoms with Crippen molar-refractivity contribution in [3.8, 4) is 0 Å². The Morgan fingerprint density at radius 3 is 1.71 bits per heavy atom. The third kappa shape index (κ3) is 2.00. The molecule has 0 spiro atoms. The molecule has 0 aliphatic carbocycles. The van der Waals surface area contributed by atoms with Crippen molar-refractivity contribution < 1.29 is 29.3 Å². The van der Waals surface area contributed by atoms with Crippen LogP contribution < -0.4 is 0 Å². The quantitative estimate of drug-likeness (QED) is 0.671. The lowest BCUT2D eigenvalue weighted by molar-refractivity contribution is -0.342. The van der Waals surface area contributed by atoms with Gasteiger partial charge in [0.25, 0.3) is 0 Å². The van der Waals surface area contributed by atoms with Crippen LogP contribution in [-0.4, -0.2) is 34.2 Å². The van der Waals surface area contributed by atoms with E-state index in [1.807, 2.05) is 0 Å². The lowest BCUT2D eigenvalue weighted by atomic mass is 10.1. The van der Waals surface area contributed by atoms with Gasteiger partial charge in [0.2, 0.25) is 0 Å². The molecule has 2 N–H and O–H groups in total. The molecule has 2 bridgehead atoms. The molecule has 6 nitrogen and oxygen atoms in total. The number of carbonyl (C=O) groups is 2. The van der Waals surface area contributed by atoms with E-state index in [1.54, 1.807) is 0 Å². The summed E-state index contributed by atoms with van der Waals surface area (Å²) >= 11 is 0. The number of aliphatic hydroxyl groups is 2. The number of benzene rings is 1. The van der Waals surface area contributed by atoms with Gasteiger partial charge in [-0.1, -0.05) is 0 Å². The van der Waals surface area contributed by atoms with Crippen molar-refractivity contribution in [1.29, 1.82) is 0 Å². The number of aliphatic hydroxyl groups excluding tert-OH is 1. The molecular weight excluding hydrogens is 228 g/mol. The molecular formula is C11H10O6. The van der Waals surface area contributed by atoms with Gasteiger partial charge in [0.15, 0.2) is 6.10 Å². The van der Waals surface area contributed by atoms with Crippen LogP contribution in [0.1, 0.15) is 27.6 Å². The van der Waals surface area contributed by atoms with Crippen LogP contribution in [0.2, 0.25) is 0 Å². The summed E-state index contributed by atoms with van der Waals surface area (Å²) in [6, 6.07) is 5.47. The van der Waals surface area contributed by atoms with Crippen LogP contribution >= 0.6 is 0 Å². The van der Waals surface area contributed by atoms with Crippen molar-refractivity contribution in [3.05, 3.63) is 35.4 Å². The topological polar surface area (TPSA) is 93.1 Å². The highest BCUT2D eigenvalue weighted by atomic mass is 16.8. The highest BCUT2D eigenvalue weighted by molar-refractivity contribution is 5.94. The molecule has 90 valence electrons. The van der Waals surface area contributed by atoms with Crippen LogP contribution in [0.5, 0.6) is 0 Å². The predicted octanol–water partition coefficient (Wildman–Crippen LogP) is 0.0407. The zero-order chi connectivity index (χ0) is 12.6. The Labute approximate surface area is 96.4 Å². The van der Waals surface area contributed by atoms with Crippen LogP contribution in [0.15, 0.2) is 24.3 Å². The monoisotopic (exact) mass is 238 g/mol. The Hall–Kier alpha value is -1.92. The Morgan fingerprint density at radius 1 is 1.06 bits per heavy atom. The molecule has 0 saturated carbocycles. The Balaban J connectivity index is 2.47. The van der Waals surface area contributed by atoms with Gasteiger partial charge in [-0.3, -0.25) is 0 Å². The molecule has 3 rings (SSSR count). The Kier molecular flexibility index (Phi) is 2.60. The number of rotatable bonds is 1. The summed E-state index contributed by atoms with van der Waals surface area (Å²) in [6.07, 6.45) is -1.57. The first-order chi connectivity index (χ1) is 7.92. The number of carbonyl (C=O) groups excluding carboxylic acids is 2. The van der Waals surface area contributed by atoms with E-state index in [2.05, 4.69) is 9.47 Å². The van der Waals surface area contributed by atoms with Crippen LogP contribution in [0.25, 0.3) is 0 Å². The second kappa shape index (κ2) is 3.83. The summed E-state index contributed by atoms with van der Waals surface area (Å²) < 4.78 is 9.18. The number of ether oxygens (including phenoxy) is 2. The van der Waals surface area contributed by atoms with Gasteiger partial charge in [-0.2, -0.15) is 0 Å². The third-order valence-electron chi connectivity index (χ3n) is 2.36. The van der Waals surface area contributed by atoms with E-state index < -0.39 is 24.0 Å². The predicted molar refractivity (Wildman–Crippen MR) is 53.9 cm³/mol. The van der Waals surface area contributed by atoms with E-state index in [1.165, 1.54) is 24.3 Å². The second-order valence-electron chi connectivity index (χ2n) is 3.66. The van der Waals surface area contributed by atoms with E-state index in [0.29, 0.717) is 0 Å². The maximum atomic E-state index is 11.6. The fourth-order valence-electron chi connectivity index (χ4n) is 1.32. The largest absolute Gasteiger partial charge is 0.401 e. The normalized spacial score (nSPS) is 19.7. The molecule has 1 aromatic carbocycles. The Morgan fingerprint density at radius 2 is 1.41 bits per heavy atom. The third-order valence-corrected chi connectivity index (χ3v) is 2.36. The molecule has 0 aromatic heterocycles. The van der Waals surface area contributed by atoms with Gasteiger partial charge < -0.3 is 19.7 Å². The molecule has 2 heterocycles. The minimum atomic E-state index is -2.68. The van der Waals surface area contributed by atoms with E-state index in [4.69, 9.17) is 0 Å². The minimum Gasteiger partial charge on any atom is -0.392 e. The molecule has 0 saturated heterocycles. The molecule has 17 heavy (non-hydrogen) atoms. The zero-order valence-corrected chi connectivity index (χ0v) is 8.91. The number of hydrogen-bond donors (Lipinski definition) is 2. The average Bonchev–Trinajstić information content (AvgIpc) is 2.34. The molecule has 1 aromatic rings. The molecule has 6 heteroatoms. The van der Waals surface area contributed by atoms with Crippen molar-refractivity contribution in [2.75, 3.05) is 0 Å². The van der Waals surface area contributed by atoms with Crippen LogP contribution in [0, 0.1) is 0 Å². The van der Waals surface area contributed by atoms with Crippen LogP contribution in [-0.2, 0) is 9.47 Å². The highest BCUT2D eigenvalue weighted by Crippen LogP contribution is 2.22. The molecule has 0 fully saturated rings. The lowest BCUT2D eigenvalue weighted by Gasteiger charge is -2.28. The van der Waals surface area contributed by atoms with Gasteiger partial charge in [0, 0.05) is 0 Å². The molecule has 0 radical (unpaired) electrons. The molecule has 2 aliphatic heterocycles. The van der Waals surface area contributed by atoms with E-state index in [9.17, 15) is 19.8 Å². The first-order valence-electron chi connectivity index (χ1n) is 4.89. The smallest absolute Gasteiger partial charge is 0.392 e. The lowest BCUT2D eigenvalue weighted by Crippen LogP contribution is -2.48. The van der Waals surface area contributed by atoms with Crippen molar-refractivity contribution >= 4 is 11.9 Å². The average molecular weight is 238 g/mol. The fourth-order valence-corrected chi connectivity index (χ4v) is 1.32. The van der Waals surface area contributed by atoms with E-state index in [0.717, 1.165) is 6.92 Å². The van der Waals surface area contributed by atoms with Crippen LogP contribution in [0.4, 0.5) is 0 Å². The maximum Gasteiger partial charge on any atom is 0.401 e. The van der Waals surface area contributed by atoms with Crippen LogP contribution in [0.3, 0.4) is 0 Å². The van der Waals surface area contributed by atoms with Crippen molar-refractivity contribution in [3.63, 3.8) is 0 Å². The first-order valence-corrected chi connectivity index (χ1v) is 4.89. The highest BCUT2D eigenvalue weighted by Gasteiger charge is 2.43. The number of hydrogen-bond acceptors (Lipinski definition) is 6. The maximum absolute atomic E-state index is 11.6. The van der Waals surface area contributed by atoms with Gasteiger partial charge in [0.1, 0.15) is 0 Å². The second-order valence-corrected chi connectivity index (χ2v) is 3.66. The van der Waals surface area contributed by atoms with Gasteiger partial charge in [-0.15, -0.1) is 0 Å². The standard InChI is InChI=1S/C11H10O6/c1-6(12)11(15)16-9(13)7-2-3-8(5-4-7)10(14)17-11/h2-6,12,15H,1H3. The first kappa shape index (κ1) is 11.6. The summed E-state index contributed by atoms with van der Waals surface area (Å²) in [6.45, 7) is 1.14. The van der Waals surface area contributed by atoms with Gasteiger partial charge >= 0.3 is 17.9 Å². The summed E-state index contributed by atoms with van der Waals surface area (Å²) in [7, 11) is 0. The number of esters is 2. The van der Waals surface area contributed by atoms with Crippen molar-refractivity contribution in [2.45, 2.75) is 19.0 Å². The summed E-state index contributed by atoms with van der Waals surface area (Å²) in [4.78, 5) is 23.1. The van der Waals surface area contributed by atoms with Gasteiger partial charge in [-0.05, 0) is 31.2 Å². The minimum absolute atomic E-state index is 0.145. The van der Waals surface area contributed by atoms with Gasteiger partial charge in [0.05, 0.1) is 11.1 Å². The SMILES string of the molecule is CC(O)C1(O)OC(=O)c2ccc(cc2)C(=O)O1. The van der Waals surface area contributed by atoms with E-state index >= 15 is 0 Å². The van der Waals surface area contributed by atoms with Gasteiger partial charge in [-0.25, -0.2) is 9.59 Å². The summed E-state index contributed by atoms with van der Waals surface area (Å²) in [5.74, 6) is -4.47. The molecule has 0 amide bonds. The zero-order valence-electron chi connectivity index (χ0n) is 8.91. The molecule has 1 atom stereocenters. The summed E-state index contributed by atoms with van der Waals surface area (Å²) in [5, 5.41) is 19.1. The molecule has 1 unspecified atom stereocenters. The Bertz CT molecular complexity index is 424. The summed E-state index contributed by atoms with van der Waals surface area (Å²) in [5.41, 5.74) is 0.289. The molecule has 2 aliphatic rings. The van der Waals surface area contributed by atoms with Crippen molar-refractivity contribution in [1.82, 2.24) is 0 Å². The van der Waals surface area contributed by atoms with Crippen molar-refractivity contribution in [2.24, 2.45) is 0 Å². The fraction of sp³-hybridized carbons (Fsp3) is 0.273. The number of fused-ring (bicyclic) bond motifs is 6. The van der Waals surface area contributed by atoms with E-state index in [-0.39, 0.29) is 11.1 Å².